The zero-order valence-electron chi connectivity index (χ0n) is 10.8. The second kappa shape index (κ2) is 5.24. The lowest BCUT2D eigenvalue weighted by Gasteiger charge is -2.22. The van der Waals surface area contributed by atoms with E-state index in [1.54, 1.807) is 0 Å². The highest BCUT2D eigenvalue weighted by molar-refractivity contribution is 7.92. The lowest BCUT2D eigenvalue weighted by atomic mass is 10.1. The fourth-order valence-electron chi connectivity index (χ4n) is 1.19. The molecule has 0 aromatic heterocycles. The Kier molecular flexibility index (Phi) is 4.29. The molecule has 0 spiro atoms. The van der Waals surface area contributed by atoms with E-state index < -0.39 is 32.1 Å². The molecule has 1 N–H and O–H groups in total. The summed E-state index contributed by atoms with van der Waals surface area (Å²) in [5.41, 5.74) is -0.328. The van der Waals surface area contributed by atoms with E-state index in [-0.39, 0.29) is 12.1 Å². The van der Waals surface area contributed by atoms with Gasteiger partial charge in [-0.25, -0.2) is 17.2 Å². The molecule has 19 heavy (non-hydrogen) atoms. The number of hydrogen-bond donors (Lipinski definition) is 1. The van der Waals surface area contributed by atoms with Crippen LogP contribution in [0.15, 0.2) is 18.2 Å². The number of amides is 1. The molecule has 0 aliphatic rings. The first-order chi connectivity index (χ1) is 8.54. The van der Waals surface area contributed by atoms with Gasteiger partial charge in [-0.15, -0.1) is 0 Å². The largest absolute Gasteiger partial charge is 0.350 e. The number of carbonyl (C=O) groups is 1. The molecule has 1 amide bonds. The smallest absolute Gasteiger partial charge is 0.254 e. The van der Waals surface area contributed by atoms with E-state index in [9.17, 15) is 22.0 Å². The molecule has 0 heterocycles. The monoisotopic (exact) mass is 291 g/mol. The highest BCUT2D eigenvalue weighted by Gasteiger charge is 2.30. The minimum Gasteiger partial charge on any atom is -0.350 e. The minimum absolute atomic E-state index is 0.165. The molecule has 0 bridgehead atoms. The maximum absolute atomic E-state index is 13.3. The molecule has 1 aromatic rings. The van der Waals surface area contributed by atoms with Gasteiger partial charge in [0.25, 0.3) is 5.91 Å². The summed E-state index contributed by atoms with van der Waals surface area (Å²) in [5, 5.41) is 2.33. The molecule has 0 unspecified atom stereocenters. The molecular formula is C12H15F2NO3S. The first-order valence-corrected chi connectivity index (χ1v) is 7.36. The first kappa shape index (κ1) is 15.6. The fraction of sp³-hybridized carbons (Fsp3) is 0.417. The Labute approximate surface area is 110 Å². The van der Waals surface area contributed by atoms with E-state index >= 15 is 0 Å². The third-order valence-electron chi connectivity index (χ3n) is 2.85. The van der Waals surface area contributed by atoms with E-state index in [1.165, 1.54) is 13.8 Å². The second-order valence-corrected chi connectivity index (χ2v) is 7.49. The summed E-state index contributed by atoms with van der Waals surface area (Å²) in [7, 11) is -3.37. The summed E-state index contributed by atoms with van der Waals surface area (Å²) < 4.78 is 47.7. The van der Waals surface area contributed by atoms with E-state index in [0.717, 1.165) is 18.4 Å². The quantitative estimate of drug-likeness (QED) is 0.914. The van der Waals surface area contributed by atoms with Crippen LogP contribution in [0.5, 0.6) is 0 Å². The minimum atomic E-state index is -3.37. The van der Waals surface area contributed by atoms with E-state index in [0.29, 0.717) is 6.07 Å². The molecular weight excluding hydrogens is 276 g/mol. The topological polar surface area (TPSA) is 63.2 Å². The van der Waals surface area contributed by atoms with Crippen molar-refractivity contribution in [1.29, 1.82) is 0 Å². The Balaban J connectivity index is 2.82. The summed E-state index contributed by atoms with van der Waals surface area (Å²) in [4.78, 5) is 11.7. The molecule has 7 heteroatoms. The predicted octanol–water partition coefficient (Wildman–Crippen LogP) is 1.52. The maximum Gasteiger partial charge on any atom is 0.254 e. The van der Waals surface area contributed by atoms with Crippen molar-refractivity contribution in [2.24, 2.45) is 0 Å². The Morgan fingerprint density at radius 1 is 1.32 bits per heavy atom. The number of halogens is 2. The normalized spacial score (nSPS) is 12.3. The van der Waals surface area contributed by atoms with E-state index in [1.807, 2.05) is 0 Å². The number of hydrogen-bond acceptors (Lipinski definition) is 3. The van der Waals surface area contributed by atoms with E-state index in [2.05, 4.69) is 5.32 Å². The van der Waals surface area contributed by atoms with Crippen molar-refractivity contribution in [2.45, 2.75) is 18.6 Å². The summed E-state index contributed by atoms with van der Waals surface area (Å²) >= 11 is 0. The van der Waals surface area contributed by atoms with Crippen LogP contribution in [0.2, 0.25) is 0 Å². The van der Waals surface area contributed by atoms with E-state index in [4.69, 9.17) is 0 Å². The van der Waals surface area contributed by atoms with Crippen LogP contribution in [0.25, 0.3) is 0 Å². The van der Waals surface area contributed by atoms with Crippen molar-refractivity contribution in [1.82, 2.24) is 5.32 Å². The molecule has 4 nitrogen and oxygen atoms in total. The molecule has 0 saturated carbocycles. The fourth-order valence-corrected chi connectivity index (χ4v) is 1.53. The number of carbonyl (C=O) groups excluding carboxylic acids is 1. The van der Waals surface area contributed by atoms with Crippen molar-refractivity contribution < 1.29 is 22.0 Å². The Bertz CT molecular complexity index is 597. The van der Waals surface area contributed by atoms with Gasteiger partial charge in [0.15, 0.2) is 9.84 Å². The van der Waals surface area contributed by atoms with Crippen molar-refractivity contribution >= 4 is 15.7 Å². The standard InChI is InChI=1S/C12H15F2NO3S/c1-12(2,19(3,17)18)7-15-11(16)9-5-4-8(13)6-10(9)14/h4-6H,7H2,1-3H3,(H,15,16). The Morgan fingerprint density at radius 3 is 2.37 bits per heavy atom. The number of nitrogens with one attached hydrogen (secondary N) is 1. The predicted molar refractivity (Wildman–Crippen MR) is 67.6 cm³/mol. The van der Waals surface area contributed by atoms with Crippen LogP contribution in [0.1, 0.15) is 24.2 Å². The van der Waals surface area contributed by atoms with Crippen LogP contribution in [-0.2, 0) is 9.84 Å². The molecule has 0 aliphatic heterocycles. The van der Waals surface area contributed by atoms with Crippen LogP contribution >= 0.6 is 0 Å². The van der Waals surface area contributed by atoms with Crippen LogP contribution in [0.3, 0.4) is 0 Å². The maximum atomic E-state index is 13.3. The van der Waals surface area contributed by atoms with Gasteiger partial charge in [0.1, 0.15) is 11.6 Å². The number of sulfone groups is 1. The van der Waals surface area contributed by atoms with Gasteiger partial charge in [-0.2, -0.15) is 0 Å². The van der Waals surface area contributed by atoms with Crippen molar-refractivity contribution in [2.75, 3.05) is 12.8 Å². The molecule has 0 saturated heterocycles. The molecule has 0 atom stereocenters. The van der Waals surface area contributed by atoms with Gasteiger partial charge in [-0.1, -0.05) is 0 Å². The molecule has 0 fully saturated rings. The van der Waals surface area contributed by atoms with Gasteiger partial charge in [-0.3, -0.25) is 4.79 Å². The average molecular weight is 291 g/mol. The number of benzene rings is 1. The second-order valence-electron chi connectivity index (χ2n) is 4.84. The van der Waals surface area contributed by atoms with Gasteiger partial charge in [0, 0.05) is 18.9 Å². The van der Waals surface area contributed by atoms with Gasteiger partial charge >= 0.3 is 0 Å². The van der Waals surface area contributed by atoms with Gasteiger partial charge in [0.05, 0.1) is 10.3 Å². The Morgan fingerprint density at radius 2 is 1.89 bits per heavy atom. The lowest BCUT2D eigenvalue weighted by Crippen LogP contribution is -2.43. The SMILES string of the molecule is CC(C)(CNC(=O)c1ccc(F)cc1F)S(C)(=O)=O. The summed E-state index contributed by atoms with van der Waals surface area (Å²) in [5.74, 6) is -2.56. The summed E-state index contributed by atoms with van der Waals surface area (Å²) in [6, 6.07) is 2.56. The van der Waals surface area contributed by atoms with Gasteiger partial charge in [0.2, 0.25) is 0 Å². The third-order valence-corrected chi connectivity index (χ3v) is 5.01. The van der Waals surface area contributed by atoms with Crippen LogP contribution in [-0.4, -0.2) is 31.9 Å². The zero-order chi connectivity index (χ0) is 14.8. The molecule has 1 aromatic carbocycles. The molecule has 0 radical (unpaired) electrons. The van der Waals surface area contributed by atoms with Crippen molar-refractivity contribution in [3.05, 3.63) is 35.4 Å². The summed E-state index contributed by atoms with van der Waals surface area (Å²) in [6.45, 7) is 2.73. The van der Waals surface area contributed by atoms with Crippen molar-refractivity contribution in [3.63, 3.8) is 0 Å². The molecule has 1 rings (SSSR count). The van der Waals surface area contributed by atoms with Gasteiger partial charge in [-0.05, 0) is 26.0 Å². The van der Waals surface area contributed by atoms with Crippen molar-refractivity contribution in [3.8, 4) is 0 Å². The first-order valence-electron chi connectivity index (χ1n) is 5.47. The van der Waals surface area contributed by atoms with Gasteiger partial charge < -0.3 is 5.32 Å². The lowest BCUT2D eigenvalue weighted by molar-refractivity contribution is 0.0946. The third kappa shape index (κ3) is 3.73. The highest BCUT2D eigenvalue weighted by Crippen LogP contribution is 2.14. The molecule has 0 aliphatic carbocycles. The zero-order valence-corrected chi connectivity index (χ0v) is 11.6. The summed E-state index contributed by atoms with van der Waals surface area (Å²) in [6.07, 6.45) is 1.05. The van der Waals surface area contributed by atoms with Crippen LogP contribution in [0, 0.1) is 11.6 Å². The van der Waals surface area contributed by atoms with Crippen LogP contribution in [0.4, 0.5) is 8.78 Å². The average Bonchev–Trinajstić information content (AvgIpc) is 2.24. The number of rotatable bonds is 4. The van der Waals surface area contributed by atoms with Crippen LogP contribution < -0.4 is 5.32 Å². The highest BCUT2D eigenvalue weighted by atomic mass is 32.2. The Hall–Kier alpha value is -1.50. The molecule has 106 valence electrons.